The van der Waals surface area contributed by atoms with Crippen LogP contribution in [0.15, 0.2) is 45.0 Å². The van der Waals surface area contributed by atoms with Crippen LogP contribution in [-0.2, 0) is 4.79 Å². The van der Waals surface area contributed by atoms with Crippen LogP contribution in [-0.4, -0.2) is 25.6 Å². The molecule has 2 aromatic rings. The van der Waals surface area contributed by atoms with Gasteiger partial charge in [-0.15, -0.1) is 10.2 Å². The number of ether oxygens (including phenoxy) is 1. The maximum Gasteiger partial charge on any atom is 0.227 e. The molecule has 0 heterocycles. The molecular formula is C39H60BrN5O2. The SMILES string of the molecule is CCCCC(CC)CN(CC(CC)CCCC)c1cc(NC(=O)C(CC)CCCC)c(N=Nc2ccc(C#N)cc2Br)cc1OCC. The van der Waals surface area contributed by atoms with Crippen molar-refractivity contribution >= 4 is 44.6 Å². The van der Waals surface area contributed by atoms with E-state index < -0.39 is 0 Å². The van der Waals surface area contributed by atoms with Gasteiger partial charge >= 0.3 is 0 Å². The normalized spacial score (nSPS) is 13.3. The van der Waals surface area contributed by atoms with Crippen molar-refractivity contribution in [1.29, 1.82) is 5.26 Å². The molecule has 0 fully saturated rings. The summed E-state index contributed by atoms with van der Waals surface area (Å²) in [4.78, 5) is 16.2. The van der Waals surface area contributed by atoms with Crippen LogP contribution in [0.25, 0.3) is 0 Å². The van der Waals surface area contributed by atoms with Crippen molar-refractivity contribution in [2.24, 2.45) is 28.0 Å². The molecule has 3 atom stereocenters. The average molecular weight is 711 g/mol. The van der Waals surface area contributed by atoms with Gasteiger partial charge in [-0.1, -0.05) is 92.9 Å². The number of nitriles is 1. The topological polar surface area (TPSA) is 90.1 Å². The Kier molecular flexibility index (Phi) is 19.4. The van der Waals surface area contributed by atoms with Gasteiger partial charge in [-0.3, -0.25) is 4.79 Å². The average Bonchev–Trinajstić information content (AvgIpc) is 3.08. The molecule has 0 aromatic heterocycles. The molecule has 0 radical (unpaired) electrons. The number of carbonyl (C=O) groups excluding carboxylic acids is 1. The molecule has 0 bridgehead atoms. The van der Waals surface area contributed by atoms with E-state index in [9.17, 15) is 10.1 Å². The van der Waals surface area contributed by atoms with Gasteiger partial charge in [0.05, 0.1) is 35.3 Å². The number of rotatable bonds is 23. The van der Waals surface area contributed by atoms with Gasteiger partial charge in [0.15, 0.2) is 0 Å². The molecule has 1 amide bonds. The van der Waals surface area contributed by atoms with Crippen LogP contribution in [0.5, 0.6) is 5.75 Å². The first kappa shape index (κ1) is 40.3. The largest absolute Gasteiger partial charge is 0.492 e. The van der Waals surface area contributed by atoms with E-state index in [0.717, 1.165) is 63.1 Å². The van der Waals surface area contributed by atoms with E-state index in [1.165, 1.54) is 38.5 Å². The van der Waals surface area contributed by atoms with Crippen LogP contribution < -0.4 is 15.0 Å². The van der Waals surface area contributed by atoms with Crippen molar-refractivity contribution in [2.45, 2.75) is 126 Å². The smallest absolute Gasteiger partial charge is 0.227 e. The Morgan fingerprint density at radius 1 is 0.851 bits per heavy atom. The zero-order valence-corrected chi connectivity index (χ0v) is 31.8. The van der Waals surface area contributed by atoms with Gasteiger partial charge in [-0.05, 0) is 84.6 Å². The molecule has 0 saturated heterocycles. The lowest BCUT2D eigenvalue weighted by atomic mass is 9.95. The number of unbranched alkanes of at least 4 members (excludes halogenated alkanes) is 3. The minimum atomic E-state index is -0.0736. The summed E-state index contributed by atoms with van der Waals surface area (Å²) in [5.41, 5.74) is 3.33. The molecule has 2 aromatic carbocycles. The lowest BCUT2D eigenvalue weighted by Gasteiger charge is -2.34. The zero-order chi connectivity index (χ0) is 34.6. The monoisotopic (exact) mass is 709 g/mol. The summed E-state index contributed by atoms with van der Waals surface area (Å²) < 4.78 is 7.02. The second kappa shape index (κ2) is 22.6. The van der Waals surface area contributed by atoms with Crippen molar-refractivity contribution in [3.8, 4) is 11.8 Å². The first-order chi connectivity index (χ1) is 22.8. The summed E-state index contributed by atoms with van der Waals surface area (Å²) in [7, 11) is 0. The molecule has 0 saturated carbocycles. The number of azo groups is 1. The number of anilines is 2. The number of hydrogen-bond acceptors (Lipinski definition) is 6. The predicted octanol–water partition coefficient (Wildman–Crippen LogP) is 12.5. The van der Waals surface area contributed by atoms with Crippen molar-refractivity contribution < 1.29 is 9.53 Å². The summed E-state index contributed by atoms with van der Waals surface area (Å²) in [6, 6.07) is 11.4. The number of halogens is 1. The maximum atomic E-state index is 13.7. The number of nitrogens with zero attached hydrogens (tertiary/aromatic N) is 4. The summed E-state index contributed by atoms with van der Waals surface area (Å²) in [6.07, 6.45) is 13.2. The molecule has 1 N–H and O–H groups in total. The molecule has 0 spiro atoms. The van der Waals surface area contributed by atoms with Crippen molar-refractivity contribution in [1.82, 2.24) is 0 Å². The Balaban J connectivity index is 2.73. The highest BCUT2D eigenvalue weighted by Crippen LogP contribution is 2.42. The van der Waals surface area contributed by atoms with Crippen molar-refractivity contribution in [3.05, 3.63) is 40.4 Å². The third kappa shape index (κ3) is 13.2. The standard InChI is InChI=1S/C39H60BrN5O2/c1-8-15-18-29(11-4)27-45(28-30(12-5)19-16-9-2)37-24-35(42-39(46)32(13-6)20-17-10-3)36(25-38(37)47-14-7)44-43-34-22-21-31(26-41)23-33(34)40/h21-25,29-30,32H,8-20,27-28H2,1-7H3,(H,42,46). The van der Waals surface area contributed by atoms with E-state index in [0.29, 0.717) is 45.5 Å². The van der Waals surface area contributed by atoms with Gasteiger partial charge in [-0.2, -0.15) is 5.26 Å². The van der Waals surface area contributed by atoms with Crippen LogP contribution in [0.4, 0.5) is 22.7 Å². The van der Waals surface area contributed by atoms with Gasteiger partial charge in [0, 0.05) is 29.5 Å². The van der Waals surface area contributed by atoms with E-state index in [-0.39, 0.29) is 11.8 Å². The third-order valence-corrected chi connectivity index (χ3v) is 9.77. The maximum absolute atomic E-state index is 13.7. The summed E-state index contributed by atoms with van der Waals surface area (Å²) >= 11 is 3.53. The third-order valence-electron chi connectivity index (χ3n) is 9.13. The van der Waals surface area contributed by atoms with E-state index >= 15 is 0 Å². The van der Waals surface area contributed by atoms with E-state index in [2.05, 4.69) is 90.1 Å². The number of hydrogen-bond donors (Lipinski definition) is 1. The van der Waals surface area contributed by atoms with Crippen molar-refractivity contribution in [3.63, 3.8) is 0 Å². The summed E-state index contributed by atoms with van der Waals surface area (Å²) in [5.74, 6) is 1.83. The van der Waals surface area contributed by atoms with E-state index in [1.54, 1.807) is 18.2 Å². The summed E-state index contributed by atoms with van der Waals surface area (Å²) in [5, 5.41) is 21.8. The van der Waals surface area contributed by atoms with Crippen molar-refractivity contribution in [2.75, 3.05) is 29.9 Å². The Morgan fingerprint density at radius 2 is 1.45 bits per heavy atom. The van der Waals surface area contributed by atoms with Gasteiger partial charge in [0.2, 0.25) is 5.91 Å². The van der Waals surface area contributed by atoms with Gasteiger partial charge in [0.1, 0.15) is 11.4 Å². The number of carbonyl (C=O) groups is 1. The number of benzene rings is 2. The van der Waals surface area contributed by atoms with Gasteiger partial charge < -0.3 is 15.0 Å². The highest BCUT2D eigenvalue weighted by atomic mass is 79.9. The molecule has 0 aliphatic carbocycles. The molecule has 2 rings (SSSR count). The first-order valence-corrected chi connectivity index (χ1v) is 19.1. The highest BCUT2D eigenvalue weighted by molar-refractivity contribution is 9.10. The molecular weight excluding hydrogens is 650 g/mol. The number of amides is 1. The molecule has 260 valence electrons. The summed E-state index contributed by atoms with van der Waals surface area (Å²) in [6.45, 7) is 17.8. The first-order valence-electron chi connectivity index (χ1n) is 18.3. The highest BCUT2D eigenvalue weighted by Gasteiger charge is 2.24. The molecule has 47 heavy (non-hydrogen) atoms. The van der Waals surface area contributed by atoms with Crippen LogP contribution in [0.3, 0.4) is 0 Å². The Bertz CT molecular complexity index is 1270. The number of nitrogens with one attached hydrogen (secondary N) is 1. The van der Waals surface area contributed by atoms with Crippen LogP contribution in [0, 0.1) is 29.1 Å². The van der Waals surface area contributed by atoms with E-state index in [4.69, 9.17) is 4.74 Å². The second-order valence-electron chi connectivity index (χ2n) is 12.7. The molecule has 0 aliphatic heterocycles. The molecule has 8 heteroatoms. The fourth-order valence-corrected chi connectivity index (χ4v) is 6.42. The second-order valence-corrected chi connectivity index (χ2v) is 13.6. The molecule has 7 nitrogen and oxygen atoms in total. The Hall–Kier alpha value is -2.92. The van der Waals surface area contributed by atoms with Gasteiger partial charge in [0.25, 0.3) is 0 Å². The lowest BCUT2D eigenvalue weighted by Crippen LogP contribution is -2.34. The fraction of sp³-hybridized carbons (Fsp3) is 0.641. The quantitative estimate of drug-likeness (QED) is 0.116. The Labute approximate surface area is 294 Å². The molecule has 0 aliphatic rings. The van der Waals surface area contributed by atoms with Crippen LogP contribution in [0.2, 0.25) is 0 Å². The van der Waals surface area contributed by atoms with Crippen LogP contribution >= 0.6 is 15.9 Å². The lowest BCUT2D eigenvalue weighted by molar-refractivity contribution is -0.120. The van der Waals surface area contributed by atoms with Crippen LogP contribution in [0.1, 0.15) is 131 Å². The van der Waals surface area contributed by atoms with Gasteiger partial charge in [-0.25, -0.2) is 0 Å². The fourth-order valence-electron chi connectivity index (χ4n) is 5.96. The minimum absolute atomic E-state index is 0.0161. The minimum Gasteiger partial charge on any atom is -0.492 e. The predicted molar refractivity (Wildman–Crippen MR) is 201 cm³/mol. The Morgan fingerprint density at radius 3 is 1.96 bits per heavy atom. The van der Waals surface area contributed by atoms with E-state index in [1.807, 2.05) is 13.0 Å². The molecule has 3 unspecified atom stereocenters. The zero-order valence-electron chi connectivity index (χ0n) is 30.2.